The van der Waals surface area contributed by atoms with Crippen molar-refractivity contribution in [3.05, 3.63) is 35.1 Å². The molecule has 0 bridgehead atoms. The van der Waals surface area contributed by atoms with Gasteiger partial charge < -0.3 is 10.2 Å². The Kier molecular flexibility index (Phi) is 5.07. The number of nitrogens with one attached hydrogen (secondary N) is 1. The number of hydrogen-bond acceptors (Lipinski definition) is 2. The molecule has 1 aliphatic heterocycles. The van der Waals surface area contributed by atoms with Gasteiger partial charge in [0.1, 0.15) is 11.4 Å². The molecule has 0 spiro atoms. The zero-order chi connectivity index (χ0) is 17.2. The molecule has 1 aliphatic rings. The van der Waals surface area contributed by atoms with Crippen LogP contribution < -0.4 is 5.32 Å². The third kappa shape index (κ3) is 3.54. The first-order valence-corrected chi connectivity index (χ1v) is 8.12. The monoisotopic (exact) mass is 320 g/mol. The summed E-state index contributed by atoms with van der Waals surface area (Å²) in [6.45, 7) is 8.58. The maximum Gasteiger partial charge on any atom is 0.254 e. The number of carbonyl (C=O) groups excluding carboxylic acids is 2. The van der Waals surface area contributed by atoms with Crippen LogP contribution in [0.1, 0.15) is 49.5 Å². The van der Waals surface area contributed by atoms with Gasteiger partial charge in [-0.1, -0.05) is 19.9 Å². The number of amides is 2. The van der Waals surface area contributed by atoms with Gasteiger partial charge in [0.25, 0.3) is 5.91 Å². The SMILES string of the molecule is Cc1ccc(C(=O)N2CCCC2(C)C(=O)NCC(C)C)cc1F. The van der Waals surface area contributed by atoms with Crippen molar-refractivity contribution >= 4 is 11.8 Å². The molecule has 1 aromatic rings. The van der Waals surface area contributed by atoms with Gasteiger partial charge in [0.05, 0.1) is 0 Å². The summed E-state index contributed by atoms with van der Waals surface area (Å²) in [5, 5.41) is 2.91. The molecule has 1 unspecified atom stereocenters. The highest BCUT2D eigenvalue weighted by Gasteiger charge is 2.45. The van der Waals surface area contributed by atoms with E-state index in [1.54, 1.807) is 30.9 Å². The highest BCUT2D eigenvalue weighted by molar-refractivity contribution is 5.99. The van der Waals surface area contributed by atoms with E-state index in [9.17, 15) is 14.0 Å². The molecule has 1 N–H and O–H groups in total. The van der Waals surface area contributed by atoms with Crippen LogP contribution in [0.25, 0.3) is 0 Å². The van der Waals surface area contributed by atoms with E-state index in [1.165, 1.54) is 6.07 Å². The second kappa shape index (κ2) is 6.69. The maximum atomic E-state index is 13.7. The smallest absolute Gasteiger partial charge is 0.254 e. The van der Waals surface area contributed by atoms with Gasteiger partial charge in [0.15, 0.2) is 0 Å². The lowest BCUT2D eigenvalue weighted by atomic mass is 9.96. The highest BCUT2D eigenvalue weighted by atomic mass is 19.1. The molecule has 1 heterocycles. The number of nitrogens with zero attached hydrogens (tertiary/aromatic N) is 1. The standard InChI is InChI=1S/C18H25FN2O2/c1-12(2)11-20-17(23)18(4)8-5-9-21(18)16(22)14-7-6-13(3)15(19)10-14/h6-7,10,12H,5,8-9,11H2,1-4H3,(H,20,23). The second-order valence-corrected chi connectivity index (χ2v) is 6.90. The van der Waals surface area contributed by atoms with Crippen molar-refractivity contribution in [1.82, 2.24) is 10.2 Å². The maximum absolute atomic E-state index is 13.7. The summed E-state index contributed by atoms with van der Waals surface area (Å²) in [4.78, 5) is 26.9. The molecule has 1 saturated heterocycles. The molecular weight excluding hydrogens is 295 g/mol. The van der Waals surface area contributed by atoms with E-state index in [-0.39, 0.29) is 17.4 Å². The van der Waals surface area contributed by atoms with E-state index >= 15 is 0 Å². The molecule has 1 fully saturated rings. The van der Waals surface area contributed by atoms with Crippen molar-refractivity contribution in [2.24, 2.45) is 5.92 Å². The first-order valence-electron chi connectivity index (χ1n) is 8.12. The predicted molar refractivity (Wildman–Crippen MR) is 87.7 cm³/mol. The van der Waals surface area contributed by atoms with E-state index in [2.05, 4.69) is 5.32 Å². The van der Waals surface area contributed by atoms with Crippen LogP contribution in [0.4, 0.5) is 4.39 Å². The van der Waals surface area contributed by atoms with Crippen molar-refractivity contribution < 1.29 is 14.0 Å². The van der Waals surface area contributed by atoms with Crippen LogP contribution in [0.2, 0.25) is 0 Å². The van der Waals surface area contributed by atoms with E-state index in [0.29, 0.717) is 31.0 Å². The largest absolute Gasteiger partial charge is 0.354 e. The average Bonchev–Trinajstić information content (AvgIpc) is 2.90. The Morgan fingerprint density at radius 1 is 1.39 bits per heavy atom. The number of hydrogen-bond donors (Lipinski definition) is 1. The molecule has 0 aliphatic carbocycles. The molecule has 126 valence electrons. The molecule has 5 heteroatoms. The van der Waals surface area contributed by atoms with Crippen molar-refractivity contribution in [1.29, 1.82) is 0 Å². The molecule has 23 heavy (non-hydrogen) atoms. The third-order valence-electron chi connectivity index (χ3n) is 4.47. The molecule has 2 rings (SSSR count). The van der Waals surface area contributed by atoms with Crippen molar-refractivity contribution in [2.45, 2.75) is 46.1 Å². The van der Waals surface area contributed by atoms with E-state index < -0.39 is 11.4 Å². The number of halogens is 1. The predicted octanol–water partition coefficient (Wildman–Crippen LogP) is 2.90. The van der Waals surface area contributed by atoms with Crippen LogP contribution in [0.3, 0.4) is 0 Å². The topological polar surface area (TPSA) is 49.4 Å². The molecule has 4 nitrogen and oxygen atoms in total. The summed E-state index contributed by atoms with van der Waals surface area (Å²) < 4.78 is 13.7. The van der Waals surface area contributed by atoms with Gasteiger partial charge in [-0.05, 0) is 50.3 Å². The zero-order valence-corrected chi connectivity index (χ0v) is 14.3. The van der Waals surface area contributed by atoms with Gasteiger partial charge in [-0.25, -0.2) is 4.39 Å². The zero-order valence-electron chi connectivity index (χ0n) is 14.3. The summed E-state index contributed by atoms with van der Waals surface area (Å²) >= 11 is 0. The number of aryl methyl sites for hydroxylation is 1. The summed E-state index contributed by atoms with van der Waals surface area (Å²) in [7, 11) is 0. The fourth-order valence-electron chi connectivity index (χ4n) is 2.89. The minimum absolute atomic E-state index is 0.135. The lowest BCUT2D eigenvalue weighted by Gasteiger charge is -2.34. The minimum atomic E-state index is -0.868. The van der Waals surface area contributed by atoms with Crippen LogP contribution in [0, 0.1) is 18.7 Å². The number of likely N-dealkylation sites (tertiary alicyclic amines) is 1. The summed E-state index contributed by atoms with van der Waals surface area (Å²) in [5.41, 5.74) is -0.0776. The minimum Gasteiger partial charge on any atom is -0.354 e. The second-order valence-electron chi connectivity index (χ2n) is 6.90. The molecule has 0 radical (unpaired) electrons. The quantitative estimate of drug-likeness (QED) is 0.927. The summed E-state index contributed by atoms with van der Waals surface area (Å²) in [6, 6.07) is 4.46. The van der Waals surface area contributed by atoms with Crippen LogP contribution in [-0.2, 0) is 4.79 Å². The number of carbonyl (C=O) groups is 2. The summed E-state index contributed by atoms with van der Waals surface area (Å²) in [6.07, 6.45) is 1.39. The van der Waals surface area contributed by atoms with Crippen LogP contribution in [-0.4, -0.2) is 35.3 Å². The first kappa shape index (κ1) is 17.4. The van der Waals surface area contributed by atoms with Gasteiger partial charge >= 0.3 is 0 Å². The highest BCUT2D eigenvalue weighted by Crippen LogP contribution is 2.31. The lowest BCUT2D eigenvalue weighted by Crippen LogP contribution is -2.55. The molecule has 2 amide bonds. The Bertz CT molecular complexity index is 615. The summed E-state index contributed by atoms with van der Waals surface area (Å²) in [5.74, 6) is -0.478. The van der Waals surface area contributed by atoms with Crippen LogP contribution in [0.5, 0.6) is 0 Å². The number of rotatable bonds is 4. The molecular formula is C18H25FN2O2. The Hall–Kier alpha value is -1.91. The lowest BCUT2D eigenvalue weighted by molar-refractivity contribution is -0.130. The van der Waals surface area contributed by atoms with Crippen molar-refractivity contribution in [3.8, 4) is 0 Å². The van der Waals surface area contributed by atoms with Gasteiger partial charge in [0.2, 0.25) is 5.91 Å². The first-order chi connectivity index (χ1) is 10.8. The Balaban J connectivity index is 2.21. The Morgan fingerprint density at radius 3 is 2.70 bits per heavy atom. The van der Waals surface area contributed by atoms with Crippen LogP contribution >= 0.6 is 0 Å². The molecule has 0 saturated carbocycles. The van der Waals surface area contributed by atoms with Crippen molar-refractivity contribution in [3.63, 3.8) is 0 Å². The average molecular weight is 320 g/mol. The van der Waals surface area contributed by atoms with Gasteiger partial charge in [0, 0.05) is 18.7 Å². The molecule has 1 aromatic carbocycles. The van der Waals surface area contributed by atoms with E-state index in [1.807, 2.05) is 13.8 Å². The number of benzene rings is 1. The van der Waals surface area contributed by atoms with E-state index in [4.69, 9.17) is 0 Å². The van der Waals surface area contributed by atoms with Crippen molar-refractivity contribution in [2.75, 3.05) is 13.1 Å². The fraction of sp³-hybridized carbons (Fsp3) is 0.556. The Morgan fingerprint density at radius 2 is 2.09 bits per heavy atom. The Labute approximate surface area is 137 Å². The van der Waals surface area contributed by atoms with Crippen LogP contribution in [0.15, 0.2) is 18.2 Å². The fourth-order valence-corrected chi connectivity index (χ4v) is 2.89. The van der Waals surface area contributed by atoms with Gasteiger partial charge in [-0.2, -0.15) is 0 Å². The molecule has 1 atom stereocenters. The third-order valence-corrected chi connectivity index (χ3v) is 4.47. The normalized spacial score (nSPS) is 20.9. The van der Waals surface area contributed by atoms with Gasteiger partial charge in [-0.3, -0.25) is 9.59 Å². The molecule has 0 aromatic heterocycles. The van der Waals surface area contributed by atoms with E-state index in [0.717, 1.165) is 6.42 Å². The van der Waals surface area contributed by atoms with Gasteiger partial charge in [-0.15, -0.1) is 0 Å².